The van der Waals surface area contributed by atoms with E-state index in [1.165, 1.54) is 169 Å². The van der Waals surface area contributed by atoms with Gasteiger partial charge in [0.2, 0.25) is 0 Å². The summed E-state index contributed by atoms with van der Waals surface area (Å²) < 4.78 is 2.54. The Kier molecular flexibility index (Phi) is 10.5. The quantitative estimate of drug-likeness (QED) is 0.129. The smallest absolute Gasteiger partial charge is 0.252 e. The van der Waals surface area contributed by atoms with Gasteiger partial charge in [0.25, 0.3) is 6.71 Å². The van der Waals surface area contributed by atoms with Crippen LogP contribution < -0.4 is 26.2 Å². The fourth-order valence-corrected chi connectivity index (χ4v) is 16.3. The van der Waals surface area contributed by atoms with Crippen LogP contribution in [0.4, 0.5) is 34.1 Å². The predicted octanol–water partition coefficient (Wildman–Crippen LogP) is 21.8. The van der Waals surface area contributed by atoms with Gasteiger partial charge in [0.1, 0.15) is 0 Å². The van der Waals surface area contributed by atoms with E-state index in [0.717, 1.165) is 17.1 Å². The molecule has 0 fully saturated rings. The zero-order chi connectivity index (χ0) is 60.1. The predicted molar refractivity (Wildman–Crippen MR) is 390 cm³/mol. The zero-order valence-corrected chi connectivity index (χ0v) is 51.3. The lowest BCUT2D eigenvalue weighted by atomic mass is 9.33. The largest absolute Gasteiger partial charge is 0.311 e. The molecule has 0 bridgehead atoms. The number of aromatic nitrogens is 1. The molecular formula is C86H62BN3. The van der Waals surface area contributed by atoms with Gasteiger partial charge in [-0.05, 0) is 214 Å². The Balaban J connectivity index is 0.934. The highest BCUT2D eigenvalue weighted by molar-refractivity contribution is 7.00. The van der Waals surface area contributed by atoms with Crippen LogP contribution in [0.5, 0.6) is 0 Å². The van der Waals surface area contributed by atoms with Crippen molar-refractivity contribution in [2.45, 2.75) is 52.4 Å². The first-order valence-corrected chi connectivity index (χ1v) is 31.9. The third kappa shape index (κ3) is 7.19. The van der Waals surface area contributed by atoms with Crippen LogP contribution in [0, 0.1) is 0 Å². The van der Waals surface area contributed by atoms with Gasteiger partial charge in [-0.25, -0.2) is 0 Å². The van der Waals surface area contributed by atoms with Crippen molar-refractivity contribution < 1.29 is 0 Å². The number of rotatable bonds is 3. The van der Waals surface area contributed by atoms with Gasteiger partial charge in [0.05, 0.1) is 11.0 Å². The van der Waals surface area contributed by atoms with Crippen LogP contribution in [0.1, 0.15) is 52.7 Å². The Bertz CT molecular complexity index is 5890. The van der Waals surface area contributed by atoms with Gasteiger partial charge in [-0.15, -0.1) is 0 Å². The Labute approximate surface area is 523 Å². The molecule has 2 aliphatic rings. The average Bonchev–Trinajstić information content (AvgIpc) is 0.906. The van der Waals surface area contributed by atoms with Crippen molar-refractivity contribution in [2.75, 3.05) is 9.80 Å². The highest BCUT2D eigenvalue weighted by Gasteiger charge is 2.44. The van der Waals surface area contributed by atoms with E-state index in [4.69, 9.17) is 0 Å². The minimum Gasteiger partial charge on any atom is -0.311 e. The topological polar surface area (TPSA) is 11.4 Å². The molecule has 0 atom stereocenters. The van der Waals surface area contributed by atoms with E-state index in [2.05, 4.69) is 323 Å². The van der Waals surface area contributed by atoms with Crippen LogP contribution in [0.3, 0.4) is 0 Å². The molecule has 0 aliphatic carbocycles. The lowest BCUT2D eigenvalue weighted by Crippen LogP contribution is -2.61. The first-order chi connectivity index (χ1) is 43.9. The number of benzene rings is 16. The zero-order valence-electron chi connectivity index (χ0n) is 51.3. The van der Waals surface area contributed by atoms with Crippen LogP contribution in [-0.2, 0) is 10.8 Å². The summed E-state index contributed by atoms with van der Waals surface area (Å²) in [5.41, 5.74) is 17.0. The fraction of sp³-hybridized carbons (Fsp3) is 0.0930. The molecule has 90 heavy (non-hydrogen) atoms. The van der Waals surface area contributed by atoms with Crippen molar-refractivity contribution in [3.63, 3.8) is 0 Å². The summed E-state index contributed by atoms with van der Waals surface area (Å²) in [6, 6.07) is 103. The van der Waals surface area contributed by atoms with Crippen molar-refractivity contribution in [3.05, 3.63) is 278 Å². The monoisotopic (exact) mass is 1150 g/mol. The van der Waals surface area contributed by atoms with E-state index in [-0.39, 0.29) is 17.5 Å². The molecule has 0 unspecified atom stereocenters. The van der Waals surface area contributed by atoms with Crippen LogP contribution in [0.15, 0.2) is 267 Å². The second kappa shape index (κ2) is 18.4. The normalized spacial score (nSPS) is 13.4. The van der Waals surface area contributed by atoms with E-state index >= 15 is 0 Å². The van der Waals surface area contributed by atoms with Crippen LogP contribution in [0.25, 0.3) is 124 Å². The third-order valence-corrected chi connectivity index (χ3v) is 20.6. The van der Waals surface area contributed by atoms with Crippen LogP contribution in [0.2, 0.25) is 0 Å². The molecule has 0 N–H and O–H groups in total. The maximum atomic E-state index is 2.62. The van der Waals surface area contributed by atoms with Gasteiger partial charge in [0.15, 0.2) is 0 Å². The first-order valence-electron chi connectivity index (χ1n) is 31.9. The number of nitrogens with zero attached hydrogens (tertiary/aromatic N) is 3. The molecule has 424 valence electrons. The fourth-order valence-electron chi connectivity index (χ4n) is 16.3. The molecule has 0 radical (unpaired) electrons. The Hall–Kier alpha value is -10.7. The summed E-state index contributed by atoms with van der Waals surface area (Å²) >= 11 is 0. The summed E-state index contributed by atoms with van der Waals surface area (Å²) in [7, 11) is 0. The Morgan fingerprint density at radius 3 is 0.956 bits per heavy atom. The third-order valence-electron chi connectivity index (χ3n) is 20.6. The van der Waals surface area contributed by atoms with Gasteiger partial charge in [-0.3, -0.25) is 0 Å². The highest BCUT2D eigenvalue weighted by atomic mass is 15.2. The number of hydrogen-bond acceptors (Lipinski definition) is 2. The SMILES string of the molecule is CC(C)(C)c1ccc2c(c1)c1cc(C(C)(C)C)ccc1n2-c1ccc2c(c1)N(c1ccc3c4ccccc4c4ccccc4c3c1)c1cccc3c1B2c1cc2c4ccccc4c4ccccc4c2cc1N3c1ccc2c3ccccc3c3ccccc3c2c1. The van der Waals surface area contributed by atoms with Crippen molar-refractivity contribution in [1.82, 2.24) is 4.57 Å². The van der Waals surface area contributed by atoms with Gasteiger partial charge in [0, 0.05) is 50.6 Å². The molecule has 2 aliphatic heterocycles. The molecule has 3 nitrogen and oxygen atoms in total. The maximum Gasteiger partial charge on any atom is 0.252 e. The molecule has 0 saturated heterocycles. The molecule has 4 heteroatoms. The summed E-state index contributed by atoms with van der Waals surface area (Å²) in [6.45, 7) is 13.8. The van der Waals surface area contributed by atoms with Crippen molar-refractivity contribution in [3.8, 4) is 5.69 Å². The van der Waals surface area contributed by atoms with Crippen molar-refractivity contribution in [1.29, 1.82) is 0 Å². The van der Waals surface area contributed by atoms with Crippen molar-refractivity contribution in [2.24, 2.45) is 0 Å². The van der Waals surface area contributed by atoms with Crippen molar-refractivity contribution >= 4 is 176 Å². The number of hydrogen-bond donors (Lipinski definition) is 0. The maximum absolute atomic E-state index is 2.62. The van der Waals surface area contributed by atoms with E-state index in [1.54, 1.807) is 0 Å². The van der Waals surface area contributed by atoms with E-state index in [1.807, 2.05) is 0 Å². The van der Waals surface area contributed by atoms with E-state index < -0.39 is 0 Å². The van der Waals surface area contributed by atoms with Gasteiger partial charge in [-0.2, -0.15) is 0 Å². The highest BCUT2D eigenvalue weighted by Crippen LogP contribution is 2.50. The lowest BCUT2D eigenvalue weighted by Gasteiger charge is -2.44. The minimum atomic E-state index is -0.130. The summed E-state index contributed by atoms with van der Waals surface area (Å²) in [4.78, 5) is 5.23. The second-order valence-corrected chi connectivity index (χ2v) is 27.5. The molecule has 17 aromatic rings. The average molecular weight is 1150 g/mol. The first kappa shape index (κ1) is 51.4. The van der Waals surface area contributed by atoms with E-state index in [0.29, 0.717) is 0 Å². The van der Waals surface area contributed by atoms with E-state index in [9.17, 15) is 0 Å². The minimum absolute atomic E-state index is 0.0194. The van der Waals surface area contributed by atoms with Crippen LogP contribution >= 0.6 is 0 Å². The molecule has 0 amide bonds. The number of anilines is 6. The summed E-state index contributed by atoms with van der Waals surface area (Å²) in [5, 5.41) is 25.3. The molecule has 0 saturated carbocycles. The molecule has 3 heterocycles. The Morgan fingerprint density at radius 1 is 0.233 bits per heavy atom. The second-order valence-electron chi connectivity index (χ2n) is 27.5. The van der Waals surface area contributed by atoms with Gasteiger partial charge < -0.3 is 14.4 Å². The summed E-state index contributed by atoms with van der Waals surface area (Å²) in [6.07, 6.45) is 0. The van der Waals surface area contributed by atoms with Gasteiger partial charge in [-0.1, -0.05) is 230 Å². The molecular weight excluding hydrogens is 1090 g/mol. The molecule has 1 aromatic heterocycles. The molecule has 16 aromatic carbocycles. The standard InChI is InChI=1S/C86H62BN3/c1-85(2,3)51-34-42-78-74(44-51)75-45-52(86(4,5)6)35-43-79(75)88(78)55-38-41-76-82(48-55)89(53-36-39-68-62-26-9-7-20-56(62)58-22-11-15-28-64(58)70(68)46-53)80-32-19-33-81-84(80)87(76)77-49-72-66-30-17-13-24-60(66)61-25-14-18-31-67(61)73(72)50-83(77)90(81)54-37-40-69-63-27-10-8-21-57(63)59-23-12-16-29-65(59)71(69)47-54/h7-50H,1-6H3. The lowest BCUT2D eigenvalue weighted by molar-refractivity contribution is 0.590. The van der Waals surface area contributed by atoms with Crippen LogP contribution in [-0.4, -0.2) is 11.3 Å². The molecule has 19 rings (SSSR count). The Morgan fingerprint density at radius 2 is 0.567 bits per heavy atom. The molecule has 0 spiro atoms. The number of fused-ring (bicyclic) bond motifs is 25. The summed E-state index contributed by atoms with van der Waals surface area (Å²) in [5.74, 6) is 0. The van der Waals surface area contributed by atoms with Gasteiger partial charge >= 0.3 is 0 Å².